The van der Waals surface area contributed by atoms with E-state index in [0.29, 0.717) is 6.10 Å². The maximum Gasteiger partial charge on any atom is 0.231 e. The molecular weight excluding hydrogens is 224 g/mol. The van der Waals surface area contributed by atoms with Crippen molar-refractivity contribution in [2.24, 2.45) is 0 Å². The van der Waals surface area contributed by atoms with E-state index in [1.807, 2.05) is 4.52 Å². The Morgan fingerprint density at radius 3 is 1.56 bits per heavy atom. The third-order valence-electron chi connectivity index (χ3n) is 3.99. The van der Waals surface area contributed by atoms with Gasteiger partial charge in [-0.05, 0) is 6.42 Å². The van der Waals surface area contributed by atoms with Crippen molar-refractivity contribution in [1.29, 1.82) is 0 Å². The molecule has 0 aromatic heterocycles. The Morgan fingerprint density at radius 2 is 1.17 bits per heavy atom. The second-order valence-corrected chi connectivity index (χ2v) is 5.85. The molecule has 0 bridgehead atoms. The normalized spacial score (nSPS) is 19.3. The van der Waals surface area contributed by atoms with Crippen LogP contribution in [0.2, 0.25) is 0 Å². The first-order valence-corrected chi connectivity index (χ1v) is 8.21. The quantitative estimate of drug-likeness (QED) is 0.209. The second kappa shape index (κ2) is 10.8. The molecule has 2 nitrogen and oxygen atoms in total. The van der Waals surface area contributed by atoms with Gasteiger partial charge in [0.25, 0.3) is 0 Å². The lowest BCUT2D eigenvalue weighted by Crippen LogP contribution is -2.06. The summed E-state index contributed by atoms with van der Waals surface area (Å²) in [6.45, 7) is 2.99. The molecule has 1 rings (SSSR count). The van der Waals surface area contributed by atoms with E-state index in [4.69, 9.17) is 0 Å². The standard InChI is InChI=1S/C16H32O2/c1-2-3-4-5-6-7-8-9-10-11-12-13-14-16-15-18(16)17/h16H,2-15H2,1H3. The van der Waals surface area contributed by atoms with E-state index in [-0.39, 0.29) is 0 Å². The van der Waals surface area contributed by atoms with Crippen molar-refractivity contribution in [1.82, 2.24) is 0 Å². The van der Waals surface area contributed by atoms with Crippen molar-refractivity contribution < 1.29 is 9.78 Å². The zero-order valence-electron chi connectivity index (χ0n) is 12.3. The first kappa shape index (κ1) is 16.0. The van der Waals surface area contributed by atoms with Crippen LogP contribution >= 0.6 is 0 Å². The molecule has 0 N–H and O–H groups in total. The molecule has 0 amide bonds. The average molecular weight is 256 g/mol. The summed E-state index contributed by atoms with van der Waals surface area (Å²) in [7, 11) is 0. The highest BCUT2D eigenvalue weighted by Crippen LogP contribution is 2.23. The van der Waals surface area contributed by atoms with E-state index in [2.05, 4.69) is 6.92 Å². The SMILES string of the molecule is CCCCCCCCCCCCCCC1C[O+]1[O-]. The summed E-state index contributed by atoms with van der Waals surface area (Å²) < 4.78 is 1.90. The van der Waals surface area contributed by atoms with Crippen molar-refractivity contribution in [3.05, 3.63) is 0 Å². The van der Waals surface area contributed by atoms with Gasteiger partial charge in [-0.15, -0.1) is 0 Å². The molecule has 0 saturated carbocycles. The molecule has 2 heteroatoms. The van der Waals surface area contributed by atoms with E-state index in [1.54, 1.807) is 0 Å². The van der Waals surface area contributed by atoms with Crippen molar-refractivity contribution in [3.8, 4) is 0 Å². The third kappa shape index (κ3) is 8.93. The molecule has 1 heterocycles. The van der Waals surface area contributed by atoms with Crippen LogP contribution in [0.4, 0.5) is 0 Å². The Morgan fingerprint density at radius 1 is 0.778 bits per heavy atom. The van der Waals surface area contributed by atoms with Gasteiger partial charge in [-0.3, -0.25) is 0 Å². The van der Waals surface area contributed by atoms with E-state index in [1.165, 1.54) is 77.0 Å². The highest BCUT2D eigenvalue weighted by atomic mass is 17.3. The minimum absolute atomic E-state index is 0.313. The lowest BCUT2D eigenvalue weighted by molar-refractivity contribution is -0.737. The third-order valence-corrected chi connectivity index (χ3v) is 3.99. The largest absolute Gasteiger partial charge is 0.534 e. The van der Waals surface area contributed by atoms with Crippen molar-refractivity contribution in [2.75, 3.05) is 6.61 Å². The summed E-state index contributed by atoms with van der Waals surface area (Å²) >= 11 is 0. The molecule has 1 saturated heterocycles. The summed E-state index contributed by atoms with van der Waals surface area (Å²) in [5.41, 5.74) is 0. The molecular formula is C16H32O2. The molecule has 1 unspecified atom stereocenters. The predicted octanol–water partition coefficient (Wildman–Crippen LogP) is 4.29. The zero-order valence-corrected chi connectivity index (χ0v) is 12.3. The fourth-order valence-electron chi connectivity index (χ4n) is 2.57. The molecule has 0 aromatic carbocycles. The second-order valence-electron chi connectivity index (χ2n) is 5.85. The van der Waals surface area contributed by atoms with E-state index < -0.39 is 0 Å². The first-order chi connectivity index (χ1) is 8.84. The fraction of sp³-hybridized carbons (Fsp3) is 1.00. The smallest absolute Gasteiger partial charge is 0.231 e. The monoisotopic (exact) mass is 256 g/mol. The van der Waals surface area contributed by atoms with Crippen LogP contribution in [0.1, 0.15) is 90.4 Å². The summed E-state index contributed by atoms with van der Waals surface area (Å²) in [5.74, 6) is 0. The molecule has 0 aromatic rings. The van der Waals surface area contributed by atoms with Gasteiger partial charge < -0.3 is 9.78 Å². The van der Waals surface area contributed by atoms with Gasteiger partial charge in [0.05, 0.1) is 0 Å². The Kier molecular flexibility index (Phi) is 9.59. The van der Waals surface area contributed by atoms with Gasteiger partial charge >= 0.3 is 0 Å². The van der Waals surface area contributed by atoms with E-state index in [9.17, 15) is 5.26 Å². The van der Waals surface area contributed by atoms with Crippen LogP contribution in [0.5, 0.6) is 0 Å². The molecule has 1 aliphatic rings. The molecule has 108 valence electrons. The zero-order chi connectivity index (χ0) is 13.1. The molecule has 1 atom stereocenters. The Labute approximate surface area is 113 Å². The number of hydrogen-bond donors (Lipinski definition) is 0. The molecule has 0 aliphatic carbocycles. The minimum atomic E-state index is 0.313. The van der Waals surface area contributed by atoms with Gasteiger partial charge in [0.2, 0.25) is 12.7 Å². The van der Waals surface area contributed by atoms with Crippen molar-refractivity contribution in [2.45, 2.75) is 96.5 Å². The van der Waals surface area contributed by atoms with E-state index in [0.717, 1.165) is 13.0 Å². The number of rotatable bonds is 13. The summed E-state index contributed by atoms with van der Waals surface area (Å²) in [6.07, 6.45) is 18.1. The minimum Gasteiger partial charge on any atom is -0.534 e. The number of epoxide rings is 1. The van der Waals surface area contributed by atoms with Crippen LogP contribution < -0.4 is 5.26 Å². The molecule has 1 aliphatic heterocycles. The van der Waals surface area contributed by atoms with Gasteiger partial charge in [0.1, 0.15) is 0 Å². The van der Waals surface area contributed by atoms with Crippen LogP contribution in [0.25, 0.3) is 0 Å². The molecule has 0 spiro atoms. The topological polar surface area (TPSA) is 25.8 Å². The summed E-state index contributed by atoms with van der Waals surface area (Å²) in [6, 6.07) is 0. The van der Waals surface area contributed by atoms with Crippen molar-refractivity contribution >= 4 is 0 Å². The Bertz CT molecular complexity index is 182. The van der Waals surface area contributed by atoms with Gasteiger partial charge in [0.15, 0.2) is 0 Å². The van der Waals surface area contributed by atoms with E-state index >= 15 is 0 Å². The molecule has 1 fully saturated rings. The maximum atomic E-state index is 10.7. The van der Waals surface area contributed by atoms with Crippen LogP contribution in [-0.4, -0.2) is 12.7 Å². The van der Waals surface area contributed by atoms with Crippen LogP contribution in [0.3, 0.4) is 0 Å². The highest BCUT2D eigenvalue weighted by Gasteiger charge is 2.36. The van der Waals surface area contributed by atoms with Gasteiger partial charge in [0, 0.05) is 6.42 Å². The first-order valence-electron chi connectivity index (χ1n) is 8.21. The Balaban J connectivity index is 1.63. The van der Waals surface area contributed by atoms with Crippen LogP contribution in [0.15, 0.2) is 0 Å². The lowest BCUT2D eigenvalue weighted by atomic mass is 10.0. The molecule has 18 heavy (non-hydrogen) atoms. The van der Waals surface area contributed by atoms with Gasteiger partial charge in [-0.1, -0.05) is 77.6 Å². The number of unbranched alkanes of at least 4 members (excludes halogenated alkanes) is 11. The average Bonchev–Trinajstić information content (AvgIpc) is 3.07. The number of hydrogen-bond acceptors (Lipinski definition) is 1. The van der Waals surface area contributed by atoms with Crippen molar-refractivity contribution in [3.63, 3.8) is 0 Å². The maximum absolute atomic E-state index is 10.7. The Hall–Kier alpha value is -0.0800. The van der Waals surface area contributed by atoms with Crippen LogP contribution in [0, 0.1) is 0 Å². The summed E-state index contributed by atoms with van der Waals surface area (Å²) in [4.78, 5) is 0. The highest BCUT2D eigenvalue weighted by molar-refractivity contribution is 4.70. The lowest BCUT2D eigenvalue weighted by Gasteiger charge is -2.02. The van der Waals surface area contributed by atoms with Gasteiger partial charge in [-0.25, -0.2) is 0 Å². The van der Waals surface area contributed by atoms with Crippen LogP contribution in [-0.2, 0) is 4.52 Å². The predicted molar refractivity (Wildman–Crippen MR) is 75.4 cm³/mol. The van der Waals surface area contributed by atoms with Gasteiger partial charge in [-0.2, -0.15) is 0 Å². The summed E-state index contributed by atoms with van der Waals surface area (Å²) in [5, 5.41) is 10.7. The molecule has 0 radical (unpaired) electrons. The fourth-order valence-corrected chi connectivity index (χ4v) is 2.57.